The first-order chi connectivity index (χ1) is 14.6. The molecule has 1 aliphatic rings. The van der Waals surface area contributed by atoms with Crippen LogP contribution in [0.5, 0.6) is 11.5 Å². The van der Waals surface area contributed by atoms with E-state index in [1.54, 1.807) is 43.8 Å². The first-order valence-corrected chi connectivity index (χ1v) is 10.8. The van der Waals surface area contributed by atoms with Gasteiger partial charge in [0.2, 0.25) is 0 Å². The van der Waals surface area contributed by atoms with Crippen LogP contribution in [-0.4, -0.2) is 56.3 Å². The minimum atomic E-state index is -0.123. The van der Waals surface area contributed by atoms with E-state index in [-0.39, 0.29) is 6.03 Å². The number of fused-ring (bicyclic) bond motifs is 1. The van der Waals surface area contributed by atoms with E-state index in [1.165, 1.54) is 10.3 Å². The number of hydrogen-bond donors (Lipinski definition) is 1. The highest BCUT2D eigenvalue weighted by Crippen LogP contribution is 2.31. The summed E-state index contributed by atoms with van der Waals surface area (Å²) in [7, 11) is 3.18. The number of aromatic nitrogens is 1. The Balaban J connectivity index is 1.40. The van der Waals surface area contributed by atoms with Gasteiger partial charge in [0.1, 0.15) is 11.5 Å². The van der Waals surface area contributed by atoms with Crippen molar-refractivity contribution in [2.45, 2.75) is 13.3 Å². The van der Waals surface area contributed by atoms with Crippen LogP contribution in [0.1, 0.15) is 12.5 Å². The van der Waals surface area contributed by atoms with Crippen molar-refractivity contribution < 1.29 is 14.3 Å². The number of methoxy groups -OCH3 is 2. The summed E-state index contributed by atoms with van der Waals surface area (Å²) in [5.41, 5.74) is 3.03. The normalized spacial score (nSPS) is 14.1. The maximum atomic E-state index is 12.7. The number of thiazole rings is 1. The molecule has 0 radical (unpaired) electrons. The Morgan fingerprint density at radius 2 is 1.80 bits per heavy atom. The molecule has 2 aromatic carbocycles. The Bertz CT molecular complexity index is 1020. The van der Waals surface area contributed by atoms with E-state index in [0.29, 0.717) is 30.3 Å². The number of carbonyl (C=O) groups excluding carboxylic acids is 1. The molecule has 1 saturated heterocycles. The second-order valence-corrected chi connectivity index (χ2v) is 8.13. The molecule has 1 aliphatic heterocycles. The number of aryl methyl sites for hydroxylation is 1. The van der Waals surface area contributed by atoms with Crippen molar-refractivity contribution in [2.24, 2.45) is 0 Å². The lowest BCUT2D eigenvalue weighted by atomic mass is 10.1. The van der Waals surface area contributed by atoms with Gasteiger partial charge in [0.25, 0.3) is 0 Å². The minimum Gasteiger partial charge on any atom is -0.497 e. The van der Waals surface area contributed by atoms with E-state index in [9.17, 15) is 4.79 Å². The van der Waals surface area contributed by atoms with Crippen LogP contribution in [-0.2, 0) is 6.42 Å². The molecule has 30 heavy (non-hydrogen) atoms. The topological polar surface area (TPSA) is 66.9 Å². The number of ether oxygens (including phenoxy) is 2. The molecular formula is C22H26N4O3S. The standard InChI is InChI=1S/C22H26N4O3S/c1-4-15-6-5-7-19-20(15)24-22(30-19)26-10-8-25(9-11-26)21(27)23-16-12-17(28-2)14-18(13-16)29-3/h5-7,12-14H,4,8-11H2,1-3H3,(H,23,27). The van der Waals surface area contributed by atoms with E-state index in [0.717, 1.165) is 30.2 Å². The summed E-state index contributed by atoms with van der Waals surface area (Å²) < 4.78 is 11.8. The number of para-hydroxylation sites is 1. The number of piperazine rings is 1. The summed E-state index contributed by atoms with van der Waals surface area (Å²) >= 11 is 1.72. The summed E-state index contributed by atoms with van der Waals surface area (Å²) in [6.07, 6.45) is 0.976. The Morgan fingerprint density at radius 3 is 2.43 bits per heavy atom. The zero-order valence-corrected chi connectivity index (χ0v) is 18.3. The molecule has 2 heterocycles. The number of hydrogen-bond acceptors (Lipinski definition) is 6. The number of carbonyl (C=O) groups is 1. The molecule has 1 N–H and O–H groups in total. The van der Waals surface area contributed by atoms with Crippen molar-refractivity contribution in [3.63, 3.8) is 0 Å². The third kappa shape index (κ3) is 4.14. The van der Waals surface area contributed by atoms with Crippen molar-refractivity contribution >= 4 is 38.4 Å². The third-order valence-electron chi connectivity index (χ3n) is 5.31. The number of urea groups is 1. The second kappa shape index (κ2) is 8.79. The molecule has 1 fully saturated rings. The number of nitrogens with one attached hydrogen (secondary N) is 1. The average Bonchev–Trinajstić information content (AvgIpc) is 3.23. The van der Waals surface area contributed by atoms with Gasteiger partial charge in [0.15, 0.2) is 5.13 Å². The molecule has 2 amide bonds. The average molecular weight is 427 g/mol. The molecule has 0 unspecified atom stereocenters. The van der Waals surface area contributed by atoms with E-state index < -0.39 is 0 Å². The highest BCUT2D eigenvalue weighted by molar-refractivity contribution is 7.22. The van der Waals surface area contributed by atoms with Crippen LogP contribution in [0.4, 0.5) is 15.6 Å². The van der Waals surface area contributed by atoms with Gasteiger partial charge in [0.05, 0.1) is 24.4 Å². The van der Waals surface area contributed by atoms with Crippen LogP contribution < -0.4 is 19.7 Å². The minimum absolute atomic E-state index is 0.123. The van der Waals surface area contributed by atoms with Gasteiger partial charge >= 0.3 is 6.03 Å². The van der Waals surface area contributed by atoms with Gasteiger partial charge < -0.3 is 24.6 Å². The molecule has 3 aromatic rings. The molecule has 0 saturated carbocycles. The molecule has 0 bridgehead atoms. The summed E-state index contributed by atoms with van der Waals surface area (Å²) in [6, 6.07) is 11.6. The summed E-state index contributed by atoms with van der Waals surface area (Å²) in [6.45, 7) is 4.96. The van der Waals surface area contributed by atoms with Crippen molar-refractivity contribution in [1.82, 2.24) is 9.88 Å². The fourth-order valence-corrected chi connectivity index (χ4v) is 4.66. The molecular weight excluding hydrogens is 400 g/mol. The number of benzene rings is 2. The number of rotatable bonds is 5. The van der Waals surface area contributed by atoms with Crippen molar-refractivity contribution in [3.8, 4) is 11.5 Å². The summed E-state index contributed by atoms with van der Waals surface area (Å²) in [4.78, 5) is 21.7. The molecule has 7 nitrogen and oxygen atoms in total. The third-order valence-corrected chi connectivity index (χ3v) is 6.39. The molecule has 1 aromatic heterocycles. The zero-order valence-electron chi connectivity index (χ0n) is 17.5. The van der Waals surface area contributed by atoms with Crippen molar-refractivity contribution in [2.75, 3.05) is 50.6 Å². The zero-order chi connectivity index (χ0) is 21.1. The maximum absolute atomic E-state index is 12.7. The summed E-state index contributed by atoms with van der Waals surface area (Å²) in [5, 5.41) is 3.98. The molecule has 4 rings (SSSR count). The Kier molecular flexibility index (Phi) is 5.94. The maximum Gasteiger partial charge on any atom is 0.321 e. The van der Waals surface area contributed by atoms with Crippen molar-refractivity contribution in [3.05, 3.63) is 42.0 Å². The quantitative estimate of drug-likeness (QED) is 0.661. The number of nitrogens with zero attached hydrogens (tertiary/aromatic N) is 3. The van der Waals surface area contributed by atoms with Crippen LogP contribution in [0.15, 0.2) is 36.4 Å². The molecule has 158 valence electrons. The second-order valence-electron chi connectivity index (χ2n) is 7.12. The van der Waals surface area contributed by atoms with E-state index in [1.807, 2.05) is 4.90 Å². The highest BCUT2D eigenvalue weighted by Gasteiger charge is 2.23. The van der Waals surface area contributed by atoms with Gasteiger partial charge in [-0.2, -0.15) is 0 Å². The Labute approximate surface area is 180 Å². The lowest BCUT2D eigenvalue weighted by Crippen LogP contribution is -2.50. The Morgan fingerprint density at radius 1 is 1.10 bits per heavy atom. The van der Waals surface area contributed by atoms with Gasteiger partial charge in [-0.3, -0.25) is 0 Å². The smallest absolute Gasteiger partial charge is 0.321 e. The fraction of sp³-hybridized carbons (Fsp3) is 0.364. The lowest BCUT2D eigenvalue weighted by Gasteiger charge is -2.34. The van der Waals surface area contributed by atoms with Crippen molar-refractivity contribution in [1.29, 1.82) is 0 Å². The van der Waals surface area contributed by atoms with Gasteiger partial charge in [-0.25, -0.2) is 9.78 Å². The first-order valence-electron chi connectivity index (χ1n) is 10.0. The molecule has 0 spiro atoms. The predicted octanol–water partition coefficient (Wildman–Crippen LogP) is 4.23. The van der Waals surface area contributed by atoms with Gasteiger partial charge in [-0.15, -0.1) is 0 Å². The SMILES string of the molecule is CCc1cccc2sc(N3CCN(C(=O)Nc4cc(OC)cc(OC)c4)CC3)nc12. The Hall–Kier alpha value is -3.00. The van der Waals surface area contributed by atoms with E-state index >= 15 is 0 Å². The lowest BCUT2D eigenvalue weighted by molar-refractivity contribution is 0.208. The van der Waals surface area contributed by atoms with Gasteiger partial charge in [0, 0.05) is 50.1 Å². The largest absolute Gasteiger partial charge is 0.497 e. The fourth-order valence-electron chi connectivity index (χ4n) is 3.60. The summed E-state index contributed by atoms with van der Waals surface area (Å²) in [5.74, 6) is 1.27. The van der Waals surface area contributed by atoms with Gasteiger partial charge in [-0.05, 0) is 18.1 Å². The van der Waals surface area contributed by atoms with Crippen LogP contribution in [0.3, 0.4) is 0 Å². The first kappa shape index (κ1) is 20.3. The molecule has 8 heteroatoms. The highest BCUT2D eigenvalue weighted by atomic mass is 32.1. The van der Waals surface area contributed by atoms with Crippen LogP contribution in [0.25, 0.3) is 10.2 Å². The monoisotopic (exact) mass is 426 g/mol. The van der Waals surface area contributed by atoms with Crippen LogP contribution >= 0.6 is 11.3 Å². The molecule has 0 atom stereocenters. The van der Waals surface area contributed by atoms with E-state index in [2.05, 4.69) is 35.3 Å². The number of anilines is 2. The molecule has 0 aliphatic carbocycles. The van der Waals surface area contributed by atoms with Gasteiger partial charge in [-0.1, -0.05) is 30.4 Å². The van der Waals surface area contributed by atoms with Crippen LogP contribution in [0.2, 0.25) is 0 Å². The van der Waals surface area contributed by atoms with Crippen LogP contribution in [0, 0.1) is 0 Å². The van der Waals surface area contributed by atoms with E-state index in [4.69, 9.17) is 14.5 Å². The predicted molar refractivity (Wildman–Crippen MR) is 121 cm³/mol. The number of amides is 2.